The average Bonchev–Trinajstić information content (AvgIpc) is 2.97. The minimum Gasteiger partial charge on any atom is -0.449 e. The highest BCUT2D eigenvalue weighted by Crippen LogP contribution is 2.31. The summed E-state index contributed by atoms with van der Waals surface area (Å²) in [6.45, 7) is 3.73. The monoisotopic (exact) mass is 355 g/mol. The number of hydrogen-bond donors (Lipinski definition) is 1. The van der Waals surface area contributed by atoms with Crippen molar-refractivity contribution in [3.8, 4) is 11.3 Å². The molecule has 0 spiro atoms. The standard InChI is InChI=1S/C16H15Cl2NO4/c1-3-19-15(20)9(2)22-16(21)14-7-6-13(23-14)11-5-4-10(17)8-12(11)18/h4-9H,3H2,1-2H3,(H,19,20)/t9-/m0/s1. The molecule has 122 valence electrons. The molecule has 0 aliphatic heterocycles. The van der Waals surface area contributed by atoms with Crippen molar-refractivity contribution in [2.45, 2.75) is 20.0 Å². The van der Waals surface area contributed by atoms with Crippen LogP contribution in [0.5, 0.6) is 0 Å². The molecule has 1 aromatic carbocycles. The lowest BCUT2D eigenvalue weighted by Crippen LogP contribution is -2.35. The number of carbonyl (C=O) groups excluding carboxylic acids is 2. The summed E-state index contributed by atoms with van der Waals surface area (Å²) in [5, 5.41) is 3.47. The number of ether oxygens (including phenoxy) is 1. The molecule has 23 heavy (non-hydrogen) atoms. The maximum absolute atomic E-state index is 12.0. The van der Waals surface area contributed by atoms with E-state index in [9.17, 15) is 9.59 Å². The van der Waals surface area contributed by atoms with Crippen LogP contribution in [0.1, 0.15) is 24.4 Å². The number of likely N-dealkylation sites (N-methyl/N-ethyl adjacent to an activating group) is 1. The molecule has 7 heteroatoms. The number of halogens is 2. The van der Waals surface area contributed by atoms with Gasteiger partial charge in [-0.2, -0.15) is 0 Å². The van der Waals surface area contributed by atoms with Crippen LogP contribution < -0.4 is 5.32 Å². The average molecular weight is 356 g/mol. The molecular weight excluding hydrogens is 341 g/mol. The predicted octanol–water partition coefficient (Wildman–Crippen LogP) is 3.93. The SMILES string of the molecule is CCNC(=O)[C@H](C)OC(=O)c1ccc(-c2ccc(Cl)cc2Cl)o1. The largest absolute Gasteiger partial charge is 0.449 e. The molecule has 1 heterocycles. The summed E-state index contributed by atoms with van der Waals surface area (Å²) in [6, 6.07) is 8.00. The summed E-state index contributed by atoms with van der Waals surface area (Å²) in [5.74, 6) is -0.695. The van der Waals surface area contributed by atoms with Crippen molar-refractivity contribution in [2.24, 2.45) is 0 Å². The van der Waals surface area contributed by atoms with Gasteiger partial charge in [0.1, 0.15) is 5.76 Å². The highest BCUT2D eigenvalue weighted by molar-refractivity contribution is 6.36. The maximum atomic E-state index is 12.0. The minimum atomic E-state index is -0.907. The molecule has 0 fully saturated rings. The van der Waals surface area contributed by atoms with E-state index in [1.807, 2.05) is 0 Å². The highest BCUT2D eigenvalue weighted by Gasteiger charge is 2.21. The highest BCUT2D eigenvalue weighted by atomic mass is 35.5. The molecule has 0 radical (unpaired) electrons. The number of rotatable bonds is 5. The van der Waals surface area contributed by atoms with Gasteiger partial charge < -0.3 is 14.5 Å². The number of carbonyl (C=O) groups is 2. The lowest BCUT2D eigenvalue weighted by molar-refractivity contribution is -0.129. The summed E-state index contributed by atoms with van der Waals surface area (Å²) < 4.78 is 10.5. The smallest absolute Gasteiger partial charge is 0.375 e. The van der Waals surface area contributed by atoms with Crippen molar-refractivity contribution in [1.29, 1.82) is 0 Å². The van der Waals surface area contributed by atoms with E-state index in [0.29, 0.717) is 27.9 Å². The Morgan fingerprint density at radius 1 is 1.26 bits per heavy atom. The minimum absolute atomic E-state index is 0.0119. The Bertz CT molecular complexity index is 727. The van der Waals surface area contributed by atoms with E-state index in [2.05, 4.69) is 5.32 Å². The van der Waals surface area contributed by atoms with Gasteiger partial charge in [0, 0.05) is 17.1 Å². The first-order valence-electron chi connectivity index (χ1n) is 6.96. The topological polar surface area (TPSA) is 68.5 Å². The fourth-order valence-electron chi connectivity index (χ4n) is 1.87. The Balaban J connectivity index is 2.12. The lowest BCUT2D eigenvalue weighted by atomic mass is 10.2. The van der Waals surface area contributed by atoms with Gasteiger partial charge in [0.05, 0.1) is 5.02 Å². The van der Waals surface area contributed by atoms with E-state index in [4.69, 9.17) is 32.4 Å². The van der Waals surface area contributed by atoms with E-state index < -0.39 is 12.1 Å². The maximum Gasteiger partial charge on any atom is 0.375 e. The van der Waals surface area contributed by atoms with Crippen LogP contribution in [0.15, 0.2) is 34.7 Å². The molecule has 1 aromatic heterocycles. The Morgan fingerprint density at radius 2 is 2.00 bits per heavy atom. The van der Waals surface area contributed by atoms with Crippen molar-refractivity contribution < 1.29 is 18.7 Å². The van der Waals surface area contributed by atoms with Crippen LogP contribution in [0.4, 0.5) is 0 Å². The zero-order chi connectivity index (χ0) is 17.0. The molecule has 0 bridgehead atoms. The molecule has 5 nitrogen and oxygen atoms in total. The van der Waals surface area contributed by atoms with Crippen LogP contribution in [-0.2, 0) is 9.53 Å². The van der Waals surface area contributed by atoms with Crippen molar-refractivity contribution in [2.75, 3.05) is 6.54 Å². The van der Waals surface area contributed by atoms with Gasteiger partial charge in [-0.25, -0.2) is 4.79 Å². The first-order chi connectivity index (χ1) is 10.9. The van der Waals surface area contributed by atoms with E-state index in [0.717, 1.165) is 0 Å². The first-order valence-corrected chi connectivity index (χ1v) is 7.72. The third-order valence-electron chi connectivity index (χ3n) is 3.01. The number of hydrogen-bond acceptors (Lipinski definition) is 4. The van der Waals surface area contributed by atoms with E-state index >= 15 is 0 Å². The predicted molar refractivity (Wildman–Crippen MR) is 87.7 cm³/mol. The molecular formula is C16H15Cl2NO4. The second-order valence-corrected chi connectivity index (χ2v) is 5.57. The number of amides is 1. The van der Waals surface area contributed by atoms with E-state index in [1.165, 1.54) is 13.0 Å². The third-order valence-corrected chi connectivity index (χ3v) is 3.56. The van der Waals surface area contributed by atoms with Gasteiger partial charge in [-0.15, -0.1) is 0 Å². The summed E-state index contributed by atoms with van der Waals surface area (Å²) in [5.41, 5.74) is 0.604. The van der Waals surface area contributed by atoms with Crippen LogP contribution >= 0.6 is 23.2 Å². The molecule has 0 saturated carbocycles. The zero-order valence-electron chi connectivity index (χ0n) is 12.6. The second kappa shape index (κ2) is 7.53. The van der Waals surface area contributed by atoms with Gasteiger partial charge in [-0.3, -0.25) is 4.79 Å². The van der Waals surface area contributed by atoms with Gasteiger partial charge in [0.25, 0.3) is 5.91 Å². The molecule has 0 unspecified atom stereocenters. The first kappa shape index (κ1) is 17.4. The van der Waals surface area contributed by atoms with Crippen LogP contribution in [-0.4, -0.2) is 24.5 Å². The van der Waals surface area contributed by atoms with Crippen molar-refractivity contribution >= 4 is 35.1 Å². The number of furan rings is 1. The Labute approximate surface area is 143 Å². The van der Waals surface area contributed by atoms with Crippen LogP contribution in [0.25, 0.3) is 11.3 Å². The van der Waals surface area contributed by atoms with E-state index in [-0.39, 0.29) is 11.7 Å². The van der Waals surface area contributed by atoms with Gasteiger partial charge >= 0.3 is 5.97 Å². The Kier molecular flexibility index (Phi) is 5.69. The third kappa shape index (κ3) is 4.27. The molecule has 1 N–H and O–H groups in total. The van der Waals surface area contributed by atoms with Crippen LogP contribution in [0.2, 0.25) is 10.0 Å². The van der Waals surface area contributed by atoms with Gasteiger partial charge in [0.2, 0.25) is 5.76 Å². The molecule has 2 aromatic rings. The molecule has 0 aliphatic carbocycles. The molecule has 1 amide bonds. The number of benzene rings is 1. The summed E-state index contributed by atoms with van der Waals surface area (Å²) in [7, 11) is 0. The number of nitrogens with one attached hydrogen (secondary N) is 1. The van der Waals surface area contributed by atoms with Crippen LogP contribution in [0, 0.1) is 0 Å². The van der Waals surface area contributed by atoms with Crippen molar-refractivity contribution in [1.82, 2.24) is 5.32 Å². The summed E-state index contributed by atoms with van der Waals surface area (Å²) >= 11 is 11.9. The van der Waals surface area contributed by atoms with Gasteiger partial charge in [0.15, 0.2) is 6.10 Å². The Hall–Kier alpha value is -1.98. The van der Waals surface area contributed by atoms with Gasteiger partial charge in [-0.1, -0.05) is 23.2 Å². The molecule has 1 atom stereocenters. The van der Waals surface area contributed by atoms with E-state index in [1.54, 1.807) is 31.2 Å². The summed E-state index contributed by atoms with van der Waals surface area (Å²) in [6.07, 6.45) is -0.907. The normalized spacial score (nSPS) is 11.8. The summed E-state index contributed by atoms with van der Waals surface area (Å²) in [4.78, 5) is 23.6. The molecule has 2 rings (SSSR count). The lowest BCUT2D eigenvalue weighted by Gasteiger charge is -2.11. The second-order valence-electron chi connectivity index (χ2n) is 4.73. The zero-order valence-corrected chi connectivity index (χ0v) is 14.1. The van der Waals surface area contributed by atoms with Crippen LogP contribution in [0.3, 0.4) is 0 Å². The van der Waals surface area contributed by atoms with Crippen molar-refractivity contribution in [3.05, 3.63) is 46.1 Å². The molecule has 0 saturated heterocycles. The Morgan fingerprint density at radius 3 is 2.65 bits per heavy atom. The fraction of sp³-hybridized carbons (Fsp3) is 0.250. The van der Waals surface area contributed by atoms with Crippen molar-refractivity contribution in [3.63, 3.8) is 0 Å². The quantitative estimate of drug-likeness (QED) is 0.824. The fourth-order valence-corrected chi connectivity index (χ4v) is 2.37. The molecule has 0 aliphatic rings. The van der Waals surface area contributed by atoms with Gasteiger partial charge in [-0.05, 0) is 44.2 Å². The number of esters is 1.